The fourth-order valence-electron chi connectivity index (χ4n) is 4.29. The average Bonchev–Trinajstić information content (AvgIpc) is 3.61. The number of hydrogen-bond acceptors (Lipinski definition) is 4. The Morgan fingerprint density at radius 2 is 1.66 bits per heavy atom. The average molecular weight is 442 g/mol. The molecule has 0 N–H and O–H groups in total. The van der Waals surface area contributed by atoms with Crippen molar-refractivity contribution in [3.63, 3.8) is 0 Å². The molecule has 1 saturated carbocycles. The van der Waals surface area contributed by atoms with Crippen molar-refractivity contribution in [1.82, 2.24) is 4.98 Å². The van der Waals surface area contributed by atoms with Crippen LogP contribution < -0.4 is 0 Å². The maximum atomic E-state index is 12.8. The van der Waals surface area contributed by atoms with Gasteiger partial charge in [-0.15, -0.1) is 0 Å². The Bertz CT molecular complexity index is 1380. The normalized spacial score (nSPS) is 17.9. The molecule has 4 aromatic rings. The van der Waals surface area contributed by atoms with Gasteiger partial charge in [-0.2, -0.15) is 0 Å². The molecule has 0 radical (unpaired) electrons. The van der Waals surface area contributed by atoms with E-state index in [-0.39, 0.29) is 23.4 Å². The summed E-state index contributed by atoms with van der Waals surface area (Å²) in [6.07, 6.45) is 4.82. The highest BCUT2D eigenvalue weighted by atomic mass is 32.2. The Labute approximate surface area is 187 Å². The number of benzene rings is 3. The molecule has 1 fully saturated rings. The van der Waals surface area contributed by atoms with E-state index in [1.54, 1.807) is 18.3 Å². The molecule has 1 heterocycles. The number of carbonyl (C=O) groups is 1. The van der Waals surface area contributed by atoms with Crippen molar-refractivity contribution in [1.29, 1.82) is 0 Å². The molecule has 1 aliphatic rings. The summed E-state index contributed by atoms with van der Waals surface area (Å²) in [7, 11) is -3.40. The lowest BCUT2D eigenvalue weighted by molar-refractivity contribution is -0.119. The van der Waals surface area contributed by atoms with Gasteiger partial charge in [0.25, 0.3) is 0 Å². The Morgan fingerprint density at radius 3 is 2.44 bits per heavy atom. The van der Waals surface area contributed by atoms with Gasteiger partial charge in [-0.25, -0.2) is 8.42 Å². The van der Waals surface area contributed by atoms with Gasteiger partial charge in [-0.05, 0) is 52.6 Å². The number of hydrogen-bond donors (Lipinski definition) is 0. The summed E-state index contributed by atoms with van der Waals surface area (Å²) in [5.41, 5.74) is 2.82. The quantitative estimate of drug-likeness (QED) is 0.399. The van der Waals surface area contributed by atoms with E-state index in [0.29, 0.717) is 11.3 Å². The van der Waals surface area contributed by atoms with Crippen LogP contribution in [0, 0.1) is 5.92 Å². The number of sulfone groups is 1. The van der Waals surface area contributed by atoms with Crippen LogP contribution in [0.1, 0.15) is 29.0 Å². The van der Waals surface area contributed by atoms with Crippen LogP contribution >= 0.6 is 0 Å². The van der Waals surface area contributed by atoms with Crippen LogP contribution in [0.25, 0.3) is 10.8 Å². The van der Waals surface area contributed by atoms with Crippen molar-refractivity contribution in [2.75, 3.05) is 0 Å². The zero-order valence-corrected chi connectivity index (χ0v) is 18.3. The third-order valence-electron chi connectivity index (χ3n) is 6.15. The highest BCUT2D eigenvalue weighted by Crippen LogP contribution is 2.48. The van der Waals surface area contributed by atoms with Gasteiger partial charge in [0, 0.05) is 30.1 Å². The second-order valence-corrected chi connectivity index (χ2v) is 10.5. The van der Waals surface area contributed by atoms with Crippen molar-refractivity contribution in [3.8, 4) is 0 Å². The first kappa shape index (κ1) is 20.6. The molecule has 4 nitrogen and oxygen atoms in total. The molecule has 1 aromatic heterocycles. The van der Waals surface area contributed by atoms with Gasteiger partial charge in [0.15, 0.2) is 9.84 Å². The molecule has 160 valence electrons. The number of pyridine rings is 1. The molecular formula is C27H23NO3S. The number of aromatic nitrogens is 1. The molecule has 0 amide bonds. The van der Waals surface area contributed by atoms with Gasteiger partial charge in [-0.1, -0.05) is 60.7 Å². The number of nitrogens with zero attached hydrogens (tertiary/aromatic N) is 1. The molecule has 2 atom stereocenters. The number of Topliss-reactive ketones (excluding diaryl/α,β-unsaturated/α-hetero) is 1. The SMILES string of the molecule is O=C(Cc1ccc2cnccc2c1)[C@@H]1CC1c1ccc(S(=O)(=O)Cc2ccccc2)cc1. The van der Waals surface area contributed by atoms with Gasteiger partial charge >= 0.3 is 0 Å². The van der Waals surface area contributed by atoms with E-state index in [0.717, 1.165) is 33.9 Å². The largest absolute Gasteiger partial charge is 0.299 e. The Balaban J connectivity index is 1.24. The summed E-state index contributed by atoms with van der Waals surface area (Å²) in [4.78, 5) is 17.3. The van der Waals surface area contributed by atoms with E-state index in [1.807, 2.05) is 66.9 Å². The molecule has 5 heteroatoms. The lowest BCUT2D eigenvalue weighted by Crippen LogP contribution is -2.07. The van der Waals surface area contributed by atoms with Crippen molar-refractivity contribution in [2.24, 2.45) is 5.92 Å². The van der Waals surface area contributed by atoms with E-state index >= 15 is 0 Å². The van der Waals surface area contributed by atoms with Gasteiger partial charge in [0.2, 0.25) is 0 Å². The Kier molecular flexibility index (Phi) is 5.35. The number of ketones is 1. The highest BCUT2D eigenvalue weighted by Gasteiger charge is 2.43. The standard InChI is InChI=1S/C27H23NO3S/c29-27(15-20-6-7-23-17-28-13-12-22(23)14-20)26-16-25(26)21-8-10-24(11-9-21)32(30,31)18-19-4-2-1-3-5-19/h1-14,17,25-26H,15-16,18H2/t25?,26-/m1/s1. The summed E-state index contributed by atoms with van der Waals surface area (Å²) in [6.45, 7) is 0. The smallest absolute Gasteiger partial charge is 0.182 e. The second-order valence-electron chi connectivity index (χ2n) is 8.46. The van der Waals surface area contributed by atoms with Crippen LogP contribution in [-0.4, -0.2) is 19.2 Å². The monoisotopic (exact) mass is 441 g/mol. The van der Waals surface area contributed by atoms with Crippen LogP contribution in [0.2, 0.25) is 0 Å². The van der Waals surface area contributed by atoms with E-state index < -0.39 is 9.84 Å². The minimum Gasteiger partial charge on any atom is -0.299 e. The maximum Gasteiger partial charge on any atom is 0.182 e. The predicted molar refractivity (Wildman–Crippen MR) is 125 cm³/mol. The summed E-state index contributed by atoms with van der Waals surface area (Å²) in [5, 5.41) is 2.15. The van der Waals surface area contributed by atoms with Gasteiger partial charge in [-0.3, -0.25) is 9.78 Å². The van der Waals surface area contributed by atoms with Gasteiger partial charge in [0.05, 0.1) is 10.6 Å². The first-order chi connectivity index (χ1) is 15.5. The zero-order chi connectivity index (χ0) is 22.1. The first-order valence-corrected chi connectivity index (χ1v) is 12.4. The molecule has 1 aliphatic carbocycles. The fourth-order valence-corrected chi connectivity index (χ4v) is 5.64. The summed E-state index contributed by atoms with van der Waals surface area (Å²) < 4.78 is 25.4. The molecule has 5 rings (SSSR count). The van der Waals surface area contributed by atoms with Crippen LogP contribution in [0.4, 0.5) is 0 Å². The molecule has 1 unspecified atom stereocenters. The van der Waals surface area contributed by atoms with Crippen LogP contribution in [-0.2, 0) is 26.8 Å². The van der Waals surface area contributed by atoms with Gasteiger partial charge < -0.3 is 0 Å². The molecule has 32 heavy (non-hydrogen) atoms. The number of rotatable bonds is 7. The molecule has 0 bridgehead atoms. The maximum absolute atomic E-state index is 12.8. The molecule has 0 saturated heterocycles. The predicted octanol–water partition coefficient (Wildman–Crippen LogP) is 5.12. The summed E-state index contributed by atoms with van der Waals surface area (Å²) in [5.74, 6) is 0.414. The van der Waals surface area contributed by atoms with Crippen molar-refractivity contribution < 1.29 is 13.2 Å². The van der Waals surface area contributed by atoms with Crippen molar-refractivity contribution in [3.05, 3.63) is 108 Å². The Hall–Kier alpha value is -3.31. The summed E-state index contributed by atoms with van der Waals surface area (Å²) in [6, 6.07) is 24.3. The minimum atomic E-state index is -3.40. The van der Waals surface area contributed by atoms with E-state index in [2.05, 4.69) is 11.1 Å². The highest BCUT2D eigenvalue weighted by molar-refractivity contribution is 7.90. The molecule has 0 spiro atoms. The minimum absolute atomic E-state index is 0.00918. The van der Waals surface area contributed by atoms with Crippen molar-refractivity contribution in [2.45, 2.75) is 29.4 Å². The van der Waals surface area contributed by atoms with E-state index in [9.17, 15) is 13.2 Å². The number of carbonyl (C=O) groups excluding carboxylic acids is 1. The van der Waals surface area contributed by atoms with Crippen LogP contribution in [0.15, 0.2) is 96.2 Å². The lowest BCUT2D eigenvalue weighted by atomic mass is 10.0. The molecule has 3 aromatic carbocycles. The lowest BCUT2D eigenvalue weighted by Gasteiger charge is -2.07. The third-order valence-corrected chi connectivity index (χ3v) is 7.86. The van der Waals surface area contributed by atoms with Crippen LogP contribution in [0.5, 0.6) is 0 Å². The zero-order valence-electron chi connectivity index (χ0n) is 17.5. The molecular weight excluding hydrogens is 418 g/mol. The topological polar surface area (TPSA) is 64.1 Å². The van der Waals surface area contributed by atoms with Crippen molar-refractivity contribution >= 4 is 26.4 Å². The number of fused-ring (bicyclic) bond motifs is 1. The van der Waals surface area contributed by atoms with Gasteiger partial charge in [0.1, 0.15) is 5.78 Å². The van der Waals surface area contributed by atoms with Crippen LogP contribution in [0.3, 0.4) is 0 Å². The first-order valence-electron chi connectivity index (χ1n) is 10.7. The van der Waals surface area contributed by atoms with E-state index in [1.165, 1.54) is 0 Å². The molecule has 0 aliphatic heterocycles. The fraction of sp³-hybridized carbons (Fsp3) is 0.185. The Morgan fingerprint density at radius 1 is 0.875 bits per heavy atom. The summed E-state index contributed by atoms with van der Waals surface area (Å²) >= 11 is 0. The second kappa shape index (κ2) is 8.32. The van der Waals surface area contributed by atoms with E-state index in [4.69, 9.17) is 0 Å². The third kappa shape index (κ3) is 4.34.